The van der Waals surface area contributed by atoms with E-state index in [0.717, 1.165) is 0 Å². The first kappa shape index (κ1) is 11.6. The van der Waals surface area contributed by atoms with Crippen LogP contribution >= 0.6 is 0 Å². The van der Waals surface area contributed by atoms with Gasteiger partial charge in [-0.3, -0.25) is 4.31 Å². The molecule has 1 aromatic rings. The maximum absolute atomic E-state index is 11.9. The second kappa shape index (κ2) is 4.01. The van der Waals surface area contributed by atoms with Gasteiger partial charge >= 0.3 is 10.2 Å². The number of nitrogens with zero attached hydrogens (tertiary/aromatic N) is 1. The van der Waals surface area contributed by atoms with Gasteiger partial charge in [-0.05, 0) is 12.1 Å². The van der Waals surface area contributed by atoms with Crippen LogP contribution in [0.3, 0.4) is 0 Å². The van der Waals surface area contributed by atoms with E-state index in [-0.39, 0.29) is 19.4 Å². The molecule has 0 saturated carbocycles. The number of hydrogen-bond donors (Lipinski definition) is 2. The number of fused-ring (bicyclic) bond motifs is 1. The molecule has 98 valence electrons. The Morgan fingerprint density at radius 2 is 2.17 bits per heavy atom. The molecule has 7 nitrogen and oxygen atoms in total. The molecule has 1 atom stereocenters. The molecular formula is C10H13N3O4S. The molecule has 1 saturated heterocycles. The summed E-state index contributed by atoms with van der Waals surface area (Å²) in [7, 11) is -3.51. The van der Waals surface area contributed by atoms with E-state index in [9.17, 15) is 8.42 Å². The average molecular weight is 271 g/mol. The number of ether oxygens (including phenoxy) is 2. The number of rotatable bonds is 2. The maximum atomic E-state index is 11.9. The number of benzene rings is 1. The van der Waals surface area contributed by atoms with Crippen molar-refractivity contribution < 1.29 is 17.9 Å². The van der Waals surface area contributed by atoms with Crippen molar-refractivity contribution in [1.29, 1.82) is 0 Å². The molecule has 1 unspecified atom stereocenters. The van der Waals surface area contributed by atoms with E-state index < -0.39 is 10.2 Å². The Hall–Kier alpha value is -1.51. The van der Waals surface area contributed by atoms with Crippen LogP contribution in [0.25, 0.3) is 0 Å². The third kappa shape index (κ3) is 1.78. The maximum Gasteiger partial charge on any atom is 0.301 e. The molecule has 8 heteroatoms. The molecule has 18 heavy (non-hydrogen) atoms. The van der Waals surface area contributed by atoms with Gasteiger partial charge in [0.05, 0.1) is 18.3 Å². The van der Waals surface area contributed by atoms with Gasteiger partial charge in [-0.25, -0.2) is 0 Å². The van der Waals surface area contributed by atoms with Crippen molar-refractivity contribution in [2.24, 2.45) is 5.73 Å². The van der Waals surface area contributed by atoms with Gasteiger partial charge in [-0.15, -0.1) is 0 Å². The third-order valence-corrected chi connectivity index (χ3v) is 4.49. The Balaban J connectivity index is 1.95. The Morgan fingerprint density at radius 3 is 2.89 bits per heavy atom. The molecule has 0 radical (unpaired) electrons. The molecule has 0 aromatic heterocycles. The first-order chi connectivity index (χ1) is 8.60. The van der Waals surface area contributed by atoms with Crippen molar-refractivity contribution >= 4 is 15.9 Å². The summed E-state index contributed by atoms with van der Waals surface area (Å²) in [5.74, 6) is 1.18. The van der Waals surface area contributed by atoms with Crippen LogP contribution in [0.1, 0.15) is 0 Å². The van der Waals surface area contributed by atoms with E-state index in [1.165, 1.54) is 4.31 Å². The molecule has 3 N–H and O–H groups in total. The highest BCUT2D eigenvalue weighted by atomic mass is 32.2. The van der Waals surface area contributed by atoms with Crippen molar-refractivity contribution in [1.82, 2.24) is 4.72 Å². The monoisotopic (exact) mass is 271 g/mol. The van der Waals surface area contributed by atoms with Gasteiger partial charge in [-0.1, -0.05) is 0 Å². The Bertz CT molecular complexity index is 574. The van der Waals surface area contributed by atoms with Gasteiger partial charge in [-0.2, -0.15) is 13.1 Å². The molecule has 1 fully saturated rings. The van der Waals surface area contributed by atoms with Gasteiger partial charge in [0.1, 0.15) is 0 Å². The number of nitrogens with two attached hydrogens (primary N) is 1. The van der Waals surface area contributed by atoms with E-state index in [4.69, 9.17) is 15.2 Å². The van der Waals surface area contributed by atoms with E-state index in [2.05, 4.69) is 4.72 Å². The van der Waals surface area contributed by atoms with E-state index in [1.54, 1.807) is 18.2 Å². The first-order valence-corrected chi connectivity index (χ1v) is 6.94. The number of hydrogen-bond acceptors (Lipinski definition) is 5. The zero-order valence-electron chi connectivity index (χ0n) is 9.50. The second-order valence-electron chi connectivity index (χ2n) is 4.12. The lowest BCUT2D eigenvalue weighted by Gasteiger charge is -2.16. The Morgan fingerprint density at radius 1 is 1.39 bits per heavy atom. The van der Waals surface area contributed by atoms with Gasteiger partial charge in [0.2, 0.25) is 6.79 Å². The lowest BCUT2D eigenvalue weighted by molar-refractivity contribution is 0.174. The second-order valence-corrected chi connectivity index (χ2v) is 5.75. The fraction of sp³-hybridized carbons (Fsp3) is 0.400. The van der Waals surface area contributed by atoms with Crippen LogP contribution in [-0.2, 0) is 10.2 Å². The lowest BCUT2D eigenvalue weighted by atomic mass is 10.2. The number of nitrogens with one attached hydrogen (secondary N) is 1. The zero-order valence-corrected chi connectivity index (χ0v) is 10.3. The highest BCUT2D eigenvalue weighted by molar-refractivity contribution is 7.91. The average Bonchev–Trinajstić information content (AvgIpc) is 2.91. The Labute approximate surface area is 105 Å². The normalized spacial score (nSPS) is 24.5. The molecule has 1 aromatic carbocycles. The summed E-state index contributed by atoms with van der Waals surface area (Å²) in [6.45, 7) is 0.744. The molecule has 0 spiro atoms. The summed E-state index contributed by atoms with van der Waals surface area (Å²) in [5.41, 5.74) is 6.03. The van der Waals surface area contributed by atoms with Crippen molar-refractivity contribution in [3.8, 4) is 11.5 Å². The summed E-state index contributed by atoms with van der Waals surface area (Å²) in [4.78, 5) is 0. The fourth-order valence-corrected chi connectivity index (χ4v) is 3.50. The molecule has 0 amide bonds. The fourth-order valence-electron chi connectivity index (χ4n) is 2.02. The molecule has 0 aliphatic carbocycles. The minimum atomic E-state index is -3.51. The standard InChI is InChI=1S/C10H13N3O4S/c11-4-7-5-13(18(14,15)12-7)8-1-2-9-10(3-8)17-6-16-9/h1-3,7,12H,4-6,11H2. The molecule has 0 bridgehead atoms. The molecular weight excluding hydrogens is 258 g/mol. The van der Waals surface area contributed by atoms with Crippen LogP contribution in [0, 0.1) is 0 Å². The van der Waals surface area contributed by atoms with Crippen LogP contribution in [0.4, 0.5) is 5.69 Å². The van der Waals surface area contributed by atoms with Crippen molar-refractivity contribution in [2.45, 2.75) is 6.04 Å². The van der Waals surface area contributed by atoms with E-state index in [1.807, 2.05) is 0 Å². The van der Waals surface area contributed by atoms with Crippen LogP contribution in [0.5, 0.6) is 11.5 Å². The third-order valence-electron chi connectivity index (χ3n) is 2.92. The predicted octanol–water partition coefficient (Wildman–Crippen LogP) is -0.603. The summed E-state index contributed by atoms with van der Waals surface area (Å²) < 4.78 is 38.0. The minimum Gasteiger partial charge on any atom is -0.454 e. The highest BCUT2D eigenvalue weighted by Crippen LogP contribution is 2.36. The first-order valence-electron chi connectivity index (χ1n) is 5.50. The summed E-state index contributed by atoms with van der Waals surface area (Å²) in [6, 6.07) is 4.77. The SMILES string of the molecule is NCC1CN(c2ccc3c(c2)OCO3)S(=O)(=O)N1. The van der Waals surface area contributed by atoms with Crippen LogP contribution in [0.2, 0.25) is 0 Å². The lowest BCUT2D eigenvalue weighted by Crippen LogP contribution is -2.33. The van der Waals surface area contributed by atoms with Crippen molar-refractivity contribution in [3.05, 3.63) is 18.2 Å². The van der Waals surface area contributed by atoms with Gasteiger partial charge in [0.25, 0.3) is 0 Å². The predicted molar refractivity (Wildman–Crippen MR) is 64.8 cm³/mol. The topological polar surface area (TPSA) is 93.9 Å². The smallest absolute Gasteiger partial charge is 0.301 e. The highest BCUT2D eigenvalue weighted by Gasteiger charge is 2.35. The quantitative estimate of drug-likeness (QED) is 0.749. The molecule has 2 aliphatic heterocycles. The van der Waals surface area contributed by atoms with Gasteiger partial charge in [0, 0.05) is 12.6 Å². The van der Waals surface area contributed by atoms with Crippen LogP contribution in [0.15, 0.2) is 18.2 Å². The Kier molecular flexibility index (Phi) is 2.58. The summed E-state index contributed by atoms with van der Waals surface area (Å²) in [6.07, 6.45) is 0. The molecule has 2 aliphatic rings. The van der Waals surface area contributed by atoms with Crippen LogP contribution in [-0.4, -0.2) is 34.3 Å². The van der Waals surface area contributed by atoms with Crippen LogP contribution < -0.4 is 24.2 Å². The largest absolute Gasteiger partial charge is 0.454 e. The summed E-state index contributed by atoms with van der Waals surface area (Å²) >= 11 is 0. The van der Waals surface area contributed by atoms with Crippen molar-refractivity contribution in [3.63, 3.8) is 0 Å². The molecule has 3 rings (SSSR count). The van der Waals surface area contributed by atoms with Gasteiger partial charge < -0.3 is 15.2 Å². The summed E-state index contributed by atoms with van der Waals surface area (Å²) in [5, 5.41) is 0. The van der Waals surface area contributed by atoms with Gasteiger partial charge in [0.15, 0.2) is 11.5 Å². The van der Waals surface area contributed by atoms with E-state index in [0.29, 0.717) is 23.7 Å². The zero-order chi connectivity index (χ0) is 12.8. The van der Waals surface area contributed by atoms with E-state index >= 15 is 0 Å². The molecule has 2 heterocycles. The minimum absolute atomic E-state index is 0.162. The van der Waals surface area contributed by atoms with Crippen molar-refractivity contribution in [2.75, 3.05) is 24.2 Å². The number of anilines is 1.